The molecule has 1 saturated heterocycles. The third-order valence-electron chi connectivity index (χ3n) is 3.88. The smallest absolute Gasteiger partial charge is 0.261 e. The largest absolute Gasteiger partial charge is 0.355 e. The van der Waals surface area contributed by atoms with E-state index in [0.29, 0.717) is 11.7 Å². The standard InChI is InChI=1S/C15H21N5O/c1-3-19-8-5-9-20(11-10-19)14-13(6-4-7-16-14)15-17-12(2)18-21-15/h4,6-7H,3,5,8-11H2,1-2H3. The molecule has 0 bridgehead atoms. The van der Waals surface area contributed by atoms with Crippen LogP contribution in [-0.2, 0) is 0 Å². The summed E-state index contributed by atoms with van der Waals surface area (Å²) in [6.07, 6.45) is 2.97. The van der Waals surface area contributed by atoms with Crippen molar-refractivity contribution in [2.45, 2.75) is 20.3 Å². The molecule has 0 radical (unpaired) electrons. The van der Waals surface area contributed by atoms with Crippen LogP contribution in [0.25, 0.3) is 11.5 Å². The van der Waals surface area contributed by atoms with Crippen LogP contribution in [-0.4, -0.2) is 52.7 Å². The lowest BCUT2D eigenvalue weighted by Crippen LogP contribution is -2.31. The first-order valence-electron chi connectivity index (χ1n) is 7.51. The zero-order valence-electron chi connectivity index (χ0n) is 12.6. The highest BCUT2D eigenvalue weighted by molar-refractivity contribution is 5.69. The quantitative estimate of drug-likeness (QED) is 0.860. The molecule has 3 rings (SSSR count). The topological polar surface area (TPSA) is 58.3 Å². The summed E-state index contributed by atoms with van der Waals surface area (Å²) < 4.78 is 5.32. The van der Waals surface area contributed by atoms with Crippen molar-refractivity contribution in [3.63, 3.8) is 0 Å². The molecular formula is C15H21N5O. The second-order valence-electron chi connectivity index (χ2n) is 5.30. The molecule has 0 amide bonds. The van der Waals surface area contributed by atoms with E-state index in [1.165, 1.54) is 0 Å². The number of aryl methyl sites for hydroxylation is 1. The maximum atomic E-state index is 5.32. The first kappa shape index (κ1) is 14.0. The second kappa shape index (κ2) is 6.22. The van der Waals surface area contributed by atoms with Gasteiger partial charge in [0.05, 0.1) is 5.56 Å². The number of rotatable bonds is 3. The van der Waals surface area contributed by atoms with Gasteiger partial charge in [0.15, 0.2) is 5.82 Å². The highest BCUT2D eigenvalue weighted by Gasteiger charge is 2.20. The monoisotopic (exact) mass is 287 g/mol. The van der Waals surface area contributed by atoms with Gasteiger partial charge in [0, 0.05) is 25.8 Å². The molecule has 1 aliphatic heterocycles. The van der Waals surface area contributed by atoms with Gasteiger partial charge in [0.2, 0.25) is 0 Å². The molecule has 0 aliphatic carbocycles. The van der Waals surface area contributed by atoms with Crippen LogP contribution < -0.4 is 4.90 Å². The van der Waals surface area contributed by atoms with Crippen molar-refractivity contribution in [1.82, 2.24) is 20.0 Å². The number of hydrogen-bond acceptors (Lipinski definition) is 6. The van der Waals surface area contributed by atoms with Crippen LogP contribution >= 0.6 is 0 Å². The van der Waals surface area contributed by atoms with Crippen LogP contribution in [0.2, 0.25) is 0 Å². The molecule has 1 fully saturated rings. The van der Waals surface area contributed by atoms with E-state index in [-0.39, 0.29) is 0 Å². The maximum Gasteiger partial charge on any atom is 0.261 e. The molecule has 0 saturated carbocycles. The summed E-state index contributed by atoms with van der Waals surface area (Å²) >= 11 is 0. The summed E-state index contributed by atoms with van der Waals surface area (Å²) in [6, 6.07) is 3.91. The Hall–Kier alpha value is -1.95. The van der Waals surface area contributed by atoms with E-state index in [9.17, 15) is 0 Å². The Morgan fingerprint density at radius 1 is 1.24 bits per heavy atom. The Morgan fingerprint density at radius 3 is 2.90 bits per heavy atom. The van der Waals surface area contributed by atoms with Gasteiger partial charge in [-0.15, -0.1) is 0 Å². The molecule has 2 aromatic heterocycles. The van der Waals surface area contributed by atoms with E-state index in [2.05, 4.69) is 31.8 Å². The van der Waals surface area contributed by atoms with Gasteiger partial charge in [-0.1, -0.05) is 12.1 Å². The van der Waals surface area contributed by atoms with Gasteiger partial charge < -0.3 is 14.3 Å². The van der Waals surface area contributed by atoms with Crippen molar-refractivity contribution in [2.75, 3.05) is 37.6 Å². The number of pyridine rings is 1. The molecule has 6 heteroatoms. The van der Waals surface area contributed by atoms with E-state index in [4.69, 9.17) is 4.52 Å². The maximum absolute atomic E-state index is 5.32. The molecule has 0 unspecified atom stereocenters. The number of anilines is 1. The predicted octanol–water partition coefficient (Wildman–Crippen LogP) is 1.97. The number of nitrogens with zero attached hydrogens (tertiary/aromatic N) is 5. The molecule has 2 aromatic rings. The summed E-state index contributed by atoms with van der Waals surface area (Å²) in [5.74, 6) is 2.14. The minimum Gasteiger partial charge on any atom is -0.355 e. The second-order valence-corrected chi connectivity index (χ2v) is 5.30. The van der Waals surface area contributed by atoms with Crippen LogP contribution in [0.15, 0.2) is 22.9 Å². The van der Waals surface area contributed by atoms with Crippen molar-refractivity contribution in [3.8, 4) is 11.5 Å². The van der Waals surface area contributed by atoms with Gasteiger partial charge in [-0.2, -0.15) is 4.98 Å². The van der Waals surface area contributed by atoms with E-state index in [0.717, 1.165) is 50.5 Å². The molecular weight excluding hydrogens is 266 g/mol. The van der Waals surface area contributed by atoms with Crippen molar-refractivity contribution in [3.05, 3.63) is 24.2 Å². The third-order valence-corrected chi connectivity index (χ3v) is 3.88. The van der Waals surface area contributed by atoms with Crippen LogP contribution in [0.5, 0.6) is 0 Å². The van der Waals surface area contributed by atoms with Gasteiger partial charge in [0.1, 0.15) is 5.82 Å². The van der Waals surface area contributed by atoms with E-state index >= 15 is 0 Å². The lowest BCUT2D eigenvalue weighted by molar-refractivity contribution is 0.310. The fourth-order valence-electron chi connectivity index (χ4n) is 2.72. The molecule has 112 valence electrons. The molecule has 21 heavy (non-hydrogen) atoms. The van der Waals surface area contributed by atoms with Crippen LogP contribution in [0, 0.1) is 6.92 Å². The van der Waals surface area contributed by atoms with Crippen molar-refractivity contribution >= 4 is 5.82 Å². The molecule has 0 N–H and O–H groups in total. The first-order chi connectivity index (χ1) is 10.3. The summed E-state index contributed by atoms with van der Waals surface area (Å²) in [4.78, 5) is 13.7. The zero-order chi connectivity index (χ0) is 14.7. The first-order valence-corrected chi connectivity index (χ1v) is 7.51. The van der Waals surface area contributed by atoms with Crippen molar-refractivity contribution in [1.29, 1.82) is 0 Å². The highest BCUT2D eigenvalue weighted by atomic mass is 16.5. The van der Waals surface area contributed by atoms with Gasteiger partial charge in [0.25, 0.3) is 5.89 Å². The van der Waals surface area contributed by atoms with Crippen LogP contribution in [0.1, 0.15) is 19.2 Å². The van der Waals surface area contributed by atoms with Crippen molar-refractivity contribution < 1.29 is 4.52 Å². The lowest BCUT2D eigenvalue weighted by atomic mass is 10.2. The number of likely N-dealkylation sites (N-methyl/N-ethyl adjacent to an activating group) is 1. The Kier molecular flexibility index (Phi) is 4.15. The molecule has 0 aromatic carbocycles. The summed E-state index contributed by atoms with van der Waals surface area (Å²) in [7, 11) is 0. The lowest BCUT2D eigenvalue weighted by Gasteiger charge is -2.23. The zero-order valence-corrected chi connectivity index (χ0v) is 12.6. The molecule has 3 heterocycles. The van der Waals surface area contributed by atoms with E-state index in [1.807, 2.05) is 25.3 Å². The fourth-order valence-corrected chi connectivity index (χ4v) is 2.72. The SMILES string of the molecule is CCN1CCCN(c2ncccc2-c2nc(C)no2)CC1. The molecule has 6 nitrogen and oxygen atoms in total. The Morgan fingerprint density at radius 2 is 2.14 bits per heavy atom. The highest BCUT2D eigenvalue weighted by Crippen LogP contribution is 2.28. The average Bonchev–Trinajstić information content (AvgIpc) is 2.81. The third kappa shape index (κ3) is 3.05. The van der Waals surface area contributed by atoms with Crippen LogP contribution in [0.3, 0.4) is 0 Å². The van der Waals surface area contributed by atoms with Gasteiger partial charge in [-0.05, 0) is 38.6 Å². The minimum absolute atomic E-state index is 0.548. The number of aromatic nitrogens is 3. The Labute approximate surface area is 124 Å². The van der Waals surface area contributed by atoms with Gasteiger partial charge in [-0.25, -0.2) is 4.98 Å². The van der Waals surface area contributed by atoms with Gasteiger partial charge in [-0.3, -0.25) is 0 Å². The van der Waals surface area contributed by atoms with E-state index in [1.54, 1.807) is 0 Å². The summed E-state index contributed by atoms with van der Waals surface area (Å²) in [6.45, 7) is 9.34. The van der Waals surface area contributed by atoms with Crippen molar-refractivity contribution in [2.24, 2.45) is 0 Å². The van der Waals surface area contributed by atoms with E-state index < -0.39 is 0 Å². The average molecular weight is 287 g/mol. The molecule has 0 spiro atoms. The van der Waals surface area contributed by atoms with Crippen LogP contribution in [0.4, 0.5) is 5.82 Å². The summed E-state index contributed by atoms with van der Waals surface area (Å²) in [5, 5.41) is 3.88. The Bertz CT molecular complexity index is 597. The normalized spacial score (nSPS) is 17.0. The minimum atomic E-state index is 0.548. The fraction of sp³-hybridized carbons (Fsp3) is 0.533. The molecule has 1 aliphatic rings. The predicted molar refractivity (Wildman–Crippen MR) is 81.2 cm³/mol. The molecule has 0 atom stereocenters. The van der Waals surface area contributed by atoms with Gasteiger partial charge >= 0.3 is 0 Å². The summed E-state index contributed by atoms with van der Waals surface area (Å²) in [5.41, 5.74) is 0.919. The Balaban J connectivity index is 1.88. The number of hydrogen-bond donors (Lipinski definition) is 0.